The third kappa shape index (κ3) is 7.73. The number of anilines is 1. The second kappa shape index (κ2) is 10.8. The summed E-state index contributed by atoms with van der Waals surface area (Å²) in [5.41, 5.74) is 0.639. The smallest absolute Gasteiger partial charge is 0.307 e. The molecule has 1 fully saturated rings. The number of benzene rings is 1. The third-order valence-corrected chi connectivity index (χ3v) is 4.24. The van der Waals surface area contributed by atoms with Crippen LogP contribution in [0.25, 0.3) is 0 Å². The predicted molar refractivity (Wildman–Crippen MR) is 110 cm³/mol. The van der Waals surface area contributed by atoms with Crippen LogP contribution in [0.15, 0.2) is 24.3 Å². The summed E-state index contributed by atoms with van der Waals surface area (Å²) in [6.45, 7) is 9.02. The molecule has 1 aromatic carbocycles. The number of piperazine rings is 1. The molecule has 2 rings (SSSR count). The van der Waals surface area contributed by atoms with Gasteiger partial charge in [0.05, 0.1) is 25.7 Å². The SMILES string of the molecule is CC(C)COC(=O)CC1C(=O)NCCN1CC(=O)Nc1ccc(OC(C)C)cc1. The fourth-order valence-electron chi connectivity index (χ4n) is 2.92. The van der Waals surface area contributed by atoms with E-state index in [0.717, 1.165) is 5.75 Å². The van der Waals surface area contributed by atoms with Crippen LogP contribution in [0.1, 0.15) is 34.1 Å². The molecule has 1 aliphatic heterocycles. The summed E-state index contributed by atoms with van der Waals surface area (Å²) in [6, 6.07) is 6.39. The average Bonchev–Trinajstić information content (AvgIpc) is 2.64. The molecule has 8 nitrogen and oxygen atoms in total. The van der Waals surface area contributed by atoms with Gasteiger partial charge in [0.1, 0.15) is 11.8 Å². The van der Waals surface area contributed by atoms with Crippen LogP contribution in [0.2, 0.25) is 0 Å². The lowest BCUT2D eigenvalue weighted by Gasteiger charge is -2.33. The van der Waals surface area contributed by atoms with Crippen molar-refractivity contribution in [2.75, 3.05) is 31.6 Å². The molecule has 1 unspecified atom stereocenters. The Hall–Kier alpha value is -2.61. The van der Waals surface area contributed by atoms with Crippen molar-refractivity contribution in [3.05, 3.63) is 24.3 Å². The summed E-state index contributed by atoms with van der Waals surface area (Å²) in [6.07, 6.45) is -0.00238. The van der Waals surface area contributed by atoms with Crippen LogP contribution in [0.5, 0.6) is 5.75 Å². The minimum Gasteiger partial charge on any atom is -0.491 e. The number of hydrogen-bond donors (Lipinski definition) is 2. The van der Waals surface area contributed by atoms with Crippen LogP contribution in [0.4, 0.5) is 5.69 Å². The Morgan fingerprint density at radius 1 is 1.21 bits per heavy atom. The van der Waals surface area contributed by atoms with Crippen molar-refractivity contribution in [1.29, 1.82) is 0 Å². The summed E-state index contributed by atoms with van der Waals surface area (Å²) in [5.74, 6) is -0.00516. The Bertz CT molecular complexity index is 703. The van der Waals surface area contributed by atoms with E-state index in [4.69, 9.17) is 9.47 Å². The summed E-state index contributed by atoms with van der Waals surface area (Å²) < 4.78 is 10.8. The Labute approximate surface area is 171 Å². The molecule has 0 spiro atoms. The Morgan fingerprint density at radius 3 is 2.52 bits per heavy atom. The van der Waals surface area contributed by atoms with E-state index < -0.39 is 12.0 Å². The number of esters is 1. The molecular formula is C21H31N3O5. The molecule has 2 N–H and O–H groups in total. The van der Waals surface area contributed by atoms with Gasteiger partial charge in [-0.2, -0.15) is 0 Å². The van der Waals surface area contributed by atoms with E-state index in [-0.39, 0.29) is 36.8 Å². The molecule has 0 radical (unpaired) electrons. The van der Waals surface area contributed by atoms with E-state index in [9.17, 15) is 14.4 Å². The van der Waals surface area contributed by atoms with E-state index in [1.54, 1.807) is 29.2 Å². The maximum absolute atomic E-state index is 12.5. The van der Waals surface area contributed by atoms with Crippen LogP contribution in [-0.2, 0) is 19.1 Å². The molecule has 29 heavy (non-hydrogen) atoms. The van der Waals surface area contributed by atoms with Crippen molar-refractivity contribution in [2.24, 2.45) is 5.92 Å². The van der Waals surface area contributed by atoms with Gasteiger partial charge >= 0.3 is 5.97 Å². The van der Waals surface area contributed by atoms with Crippen molar-refractivity contribution in [3.63, 3.8) is 0 Å². The molecular weight excluding hydrogens is 374 g/mol. The lowest BCUT2D eigenvalue weighted by Crippen LogP contribution is -2.57. The van der Waals surface area contributed by atoms with Crippen molar-refractivity contribution < 1.29 is 23.9 Å². The Kier molecular flexibility index (Phi) is 8.45. The van der Waals surface area contributed by atoms with Gasteiger partial charge in [0.15, 0.2) is 0 Å². The van der Waals surface area contributed by atoms with Gasteiger partial charge < -0.3 is 20.1 Å². The second-order valence-corrected chi connectivity index (χ2v) is 7.80. The molecule has 1 heterocycles. The van der Waals surface area contributed by atoms with Crippen molar-refractivity contribution in [1.82, 2.24) is 10.2 Å². The lowest BCUT2D eigenvalue weighted by atomic mass is 10.1. The van der Waals surface area contributed by atoms with Crippen molar-refractivity contribution >= 4 is 23.5 Å². The maximum atomic E-state index is 12.5. The number of nitrogens with one attached hydrogen (secondary N) is 2. The van der Waals surface area contributed by atoms with Crippen LogP contribution in [-0.4, -0.2) is 61.1 Å². The highest BCUT2D eigenvalue weighted by Crippen LogP contribution is 2.17. The van der Waals surface area contributed by atoms with Gasteiger partial charge in [-0.3, -0.25) is 19.3 Å². The number of nitrogens with zero attached hydrogens (tertiary/aromatic N) is 1. The second-order valence-electron chi connectivity index (χ2n) is 7.80. The molecule has 0 saturated carbocycles. The molecule has 2 amide bonds. The number of hydrogen-bond acceptors (Lipinski definition) is 6. The third-order valence-electron chi connectivity index (χ3n) is 4.24. The van der Waals surface area contributed by atoms with Crippen molar-refractivity contribution in [2.45, 2.75) is 46.3 Å². The zero-order valence-corrected chi connectivity index (χ0v) is 17.6. The minimum atomic E-state index is -0.712. The van der Waals surface area contributed by atoms with Crippen LogP contribution in [0.3, 0.4) is 0 Å². The van der Waals surface area contributed by atoms with Gasteiger partial charge in [0.2, 0.25) is 11.8 Å². The van der Waals surface area contributed by atoms with E-state index >= 15 is 0 Å². The summed E-state index contributed by atoms with van der Waals surface area (Å²) >= 11 is 0. The standard InChI is InChI=1S/C21H31N3O5/c1-14(2)13-28-20(26)11-18-21(27)22-9-10-24(18)12-19(25)23-16-5-7-17(8-6-16)29-15(3)4/h5-8,14-15,18H,9-13H2,1-4H3,(H,22,27)(H,23,25). The molecule has 0 aliphatic carbocycles. The van der Waals surface area contributed by atoms with E-state index in [0.29, 0.717) is 25.4 Å². The van der Waals surface area contributed by atoms with E-state index in [1.807, 2.05) is 27.7 Å². The molecule has 8 heteroatoms. The van der Waals surface area contributed by atoms with E-state index in [1.165, 1.54) is 0 Å². The van der Waals surface area contributed by atoms with E-state index in [2.05, 4.69) is 10.6 Å². The lowest BCUT2D eigenvalue weighted by molar-refractivity contribution is -0.149. The Balaban J connectivity index is 1.92. The van der Waals surface area contributed by atoms with Gasteiger partial charge in [0.25, 0.3) is 0 Å². The number of carbonyl (C=O) groups excluding carboxylic acids is 3. The average molecular weight is 405 g/mol. The largest absolute Gasteiger partial charge is 0.491 e. The van der Waals surface area contributed by atoms with Gasteiger partial charge in [-0.1, -0.05) is 13.8 Å². The summed E-state index contributed by atoms with van der Waals surface area (Å²) in [7, 11) is 0. The first-order valence-corrected chi connectivity index (χ1v) is 9.98. The van der Waals surface area contributed by atoms with Gasteiger partial charge in [0, 0.05) is 18.8 Å². The fourth-order valence-corrected chi connectivity index (χ4v) is 2.92. The molecule has 0 bridgehead atoms. The number of ether oxygens (including phenoxy) is 2. The highest BCUT2D eigenvalue weighted by molar-refractivity contribution is 5.93. The van der Waals surface area contributed by atoms with Crippen LogP contribution >= 0.6 is 0 Å². The molecule has 0 aromatic heterocycles. The first-order chi connectivity index (χ1) is 13.7. The first kappa shape index (κ1) is 22.7. The quantitative estimate of drug-likeness (QED) is 0.608. The predicted octanol–water partition coefficient (Wildman–Crippen LogP) is 1.80. The molecule has 1 saturated heterocycles. The number of carbonyl (C=O) groups is 3. The zero-order chi connectivity index (χ0) is 21.4. The number of rotatable bonds is 9. The summed E-state index contributed by atoms with van der Waals surface area (Å²) in [5, 5.41) is 5.56. The molecule has 160 valence electrons. The summed E-state index contributed by atoms with van der Waals surface area (Å²) in [4.78, 5) is 38.5. The highest BCUT2D eigenvalue weighted by Gasteiger charge is 2.33. The zero-order valence-electron chi connectivity index (χ0n) is 17.6. The Morgan fingerprint density at radius 2 is 1.90 bits per heavy atom. The van der Waals surface area contributed by atoms with Gasteiger partial charge in [-0.25, -0.2) is 0 Å². The molecule has 1 atom stereocenters. The highest BCUT2D eigenvalue weighted by atomic mass is 16.5. The van der Waals surface area contributed by atoms with Crippen LogP contribution < -0.4 is 15.4 Å². The van der Waals surface area contributed by atoms with Gasteiger partial charge in [-0.05, 0) is 44.0 Å². The van der Waals surface area contributed by atoms with Gasteiger partial charge in [-0.15, -0.1) is 0 Å². The number of amides is 2. The maximum Gasteiger partial charge on any atom is 0.307 e. The topological polar surface area (TPSA) is 97.0 Å². The fraction of sp³-hybridized carbons (Fsp3) is 0.571. The van der Waals surface area contributed by atoms with Crippen molar-refractivity contribution in [3.8, 4) is 5.75 Å². The monoisotopic (exact) mass is 405 g/mol. The first-order valence-electron chi connectivity index (χ1n) is 9.98. The normalized spacial score (nSPS) is 17.2. The molecule has 1 aromatic rings. The van der Waals surface area contributed by atoms with Crippen LogP contribution in [0, 0.1) is 5.92 Å². The molecule has 1 aliphatic rings. The minimum absolute atomic E-state index is 0.0137.